The van der Waals surface area contributed by atoms with Crippen LogP contribution in [0.5, 0.6) is 0 Å². The fraction of sp³-hybridized carbons (Fsp3) is 0.600. The number of amides is 2. The van der Waals surface area contributed by atoms with Crippen LogP contribution in [0.15, 0.2) is 12.5 Å². The van der Waals surface area contributed by atoms with E-state index in [1.165, 1.54) is 12.5 Å². The Morgan fingerprint density at radius 3 is 2.37 bits per heavy atom. The standard InChI is InChI=1S/C15H26N6O5.Cu/c16-4-2-1-3-11(15(25)26)20-14(24)12(5-9-6-18-8-19-9)21-13(23)10(17)7-22;/h6,8,10-12,22H,1-5,7,16-17H2,(H,18,19)(H,20,24)(H,21,23)(H,25,26);. The molecular weight excluding hydrogens is 408 g/mol. The monoisotopic (exact) mass is 433 g/mol. The number of nitrogens with one attached hydrogen (secondary N) is 3. The summed E-state index contributed by atoms with van der Waals surface area (Å²) in [5.41, 5.74) is 11.4. The average Bonchev–Trinajstić information content (AvgIpc) is 3.12. The fourth-order valence-corrected chi connectivity index (χ4v) is 2.21. The Labute approximate surface area is 167 Å². The number of rotatable bonds is 12. The first-order chi connectivity index (χ1) is 12.4. The Hall–Kier alpha value is -1.98. The fourth-order valence-electron chi connectivity index (χ4n) is 2.21. The SMILES string of the molecule is NCCCCC(NC(=O)C(Cc1cnc[nH]1)NC(=O)C(N)CO)C(=O)O.[Cu]. The van der Waals surface area contributed by atoms with Gasteiger partial charge in [-0.3, -0.25) is 9.59 Å². The number of nitrogens with zero attached hydrogens (tertiary/aromatic N) is 1. The second-order valence-corrected chi connectivity index (χ2v) is 5.82. The minimum Gasteiger partial charge on any atom is -0.480 e. The van der Waals surface area contributed by atoms with Gasteiger partial charge in [0.05, 0.1) is 12.9 Å². The molecule has 0 aliphatic rings. The molecule has 1 aromatic heterocycles. The van der Waals surface area contributed by atoms with Gasteiger partial charge in [0.15, 0.2) is 0 Å². The molecule has 1 aromatic rings. The van der Waals surface area contributed by atoms with Gasteiger partial charge >= 0.3 is 5.97 Å². The number of hydrogen-bond acceptors (Lipinski definition) is 7. The van der Waals surface area contributed by atoms with E-state index in [1.807, 2.05) is 0 Å². The average molecular weight is 434 g/mol. The number of nitrogens with two attached hydrogens (primary N) is 2. The molecule has 0 spiro atoms. The Balaban J connectivity index is 0.00000676. The van der Waals surface area contributed by atoms with Gasteiger partial charge in [0, 0.05) is 35.4 Å². The molecule has 0 aliphatic heterocycles. The molecule has 0 aromatic carbocycles. The third kappa shape index (κ3) is 8.98. The van der Waals surface area contributed by atoms with Gasteiger partial charge in [-0.05, 0) is 25.8 Å². The molecule has 0 saturated heterocycles. The molecule has 0 fully saturated rings. The Morgan fingerprint density at radius 1 is 1.19 bits per heavy atom. The minimum absolute atomic E-state index is 0. The molecule has 3 atom stereocenters. The normalized spacial score (nSPS) is 13.7. The van der Waals surface area contributed by atoms with Crippen molar-refractivity contribution in [3.63, 3.8) is 0 Å². The molecule has 12 heteroatoms. The zero-order valence-electron chi connectivity index (χ0n) is 14.7. The maximum atomic E-state index is 12.5. The van der Waals surface area contributed by atoms with Gasteiger partial charge in [-0.1, -0.05) is 0 Å². The molecule has 1 rings (SSSR count). The first kappa shape index (κ1) is 25.0. The smallest absolute Gasteiger partial charge is 0.326 e. The van der Waals surface area contributed by atoms with Crippen molar-refractivity contribution in [2.45, 2.75) is 43.8 Å². The van der Waals surface area contributed by atoms with E-state index in [-0.39, 0.29) is 29.9 Å². The van der Waals surface area contributed by atoms with Crippen LogP contribution in [0, 0.1) is 0 Å². The van der Waals surface area contributed by atoms with Crippen LogP contribution < -0.4 is 22.1 Å². The maximum Gasteiger partial charge on any atom is 0.326 e. The molecule has 0 bridgehead atoms. The summed E-state index contributed by atoms with van der Waals surface area (Å²) in [5.74, 6) is -2.56. The first-order valence-electron chi connectivity index (χ1n) is 8.26. The predicted octanol–water partition coefficient (Wildman–Crippen LogP) is -2.55. The van der Waals surface area contributed by atoms with E-state index in [0.717, 1.165) is 0 Å². The van der Waals surface area contributed by atoms with Crippen LogP contribution in [0.3, 0.4) is 0 Å². The topological polar surface area (TPSA) is 196 Å². The molecule has 27 heavy (non-hydrogen) atoms. The molecule has 157 valence electrons. The van der Waals surface area contributed by atoms with Crippen molar-refractivity contribution in [1.29, 1.82) is 0 Å². The van der Waals surface area contributed by atoms with E-state index in [9.17, 15) is 19.5 Å². The van der Waals surface area contributed by atoms with E-state index < -0.39 is 42.5 Å². The van der Waals surface area contributed by atoms with Gasteiger partial charge in [0.1, 0.15) is 18.1 Å². The second kappa shape index (κ2) is 13.2. The van der Waals surface area contributed by atoms with Crippen LogP contribution in [0.4, 0.5) is 0 Å². The molecule has 1 heterocycles. The number of unbranched alkanes of at least 4 members (excludes halogenated alkanes) is 1. The molecule has 1 radical (unpaired) electrons. The second-order valence-electron chi connectivity index (χ2n) is 5.82. The van der Waals surface area contributed by atoms with Crippen molar-refractivity contribution in [3.8, 4) is 0 Å². The summed E-state index contributed by atoms with van der Waals surface area (Å²) >= 11 is 0. The van der Waals surface area contributed by atoms with Crippen molar-refractivity contribution < 1.29 is 41.7 Å². The number of carboxylic acid groups (broad SMARTS) is 1. The van der Waals surface area contributed by atoms with Crippen LogP contribution >= 0.6 is 0 Å². The summed E-state index contributed by atoms with van der Waals surface area (Å²) in [6, 6.07) is -3.36. The van der Waals surface area contributed by atoms with Crippen molar-refractivity contribution in [3.05, 3.63) is 18.2 Å². The number of aliphatic carboxylic acids is 1. The first-order valence-corrected chi connectivity index (χ1v) is 8.26. The van der Waals surface area contributed by atoms with Gasteiger partial charge in [0.2, 0.25) is 11.8 Å². The molecule has 11 nitrogen and oxygen atoms in total. The van der Waals surface area contributed by atoms with E-state index >= 15 is 0 Å². The van der Waals surface area contributed by atoms with E-state index in [0.29, 0.717) is 25.1 Å². The Kier molecular flexibility index (Phi) is 12.3. The molecule has 9 N–H and O–H groups in total. The molecule has 0 saturated carbocycles. The summed E-state index contributed by atoms with van der Waals surface area (Å²) in [6.07, 6.45) is 4.36. The van der Waals surface area contributed by atoms with Gasteiger partial charge in [-0.15, -0.1) is 0 Å². The third-order valence-corrected chi connectivity index (χ3v) is 3.71. The molecule has 2 amide bonds. The zero-order chi connectivity index (χ0) is 19.5. The van der Waals surface area contributed by atoms with Gasteiger partial charge in [0.25, 0.3) is 0 Å². The van der Waals surface area contributed by atoms with Crippen LogP contribution in [0.1, 0.15) is 25.0 Å². The summed E-state index contributed by atoms with van der Waals surface area (Å²) < 4.78 is 0. The Bertz CT molecular complexity index is 585. The van der Waals surface area contributed by atoms with E-state index in [2.05, 4.69) is 20.6 Å². The quantitative estimate of drug-likeness (QED) is 0.138. The number of aliphatic hydroxyl groups excluding tert-OH is 1. The minimum atomic E-state index is -1.19. The zero-order valence-corrected chi connectivity index (χ0v) is 15.6. The van der Waals surface area contributed by atoms with Gasteiger partial charge in [-0.2, -0.15) is 0 Å². The number of H-pyrrole nitrogens is 1. The number of carbonyl (C=O) groups excluding carboxylic acids is 2. The summed E-state index contributed by atoms with van der Waals surface area (Å²) in [6.45, 7) is -0.154. The van der Waals surface area contributed by atoms with Crippen LogP contribution in [-0.4, -0.2) is 69.2 Å². The van der Waals surface area contributed by atoms with Gasteiger partial charge < -0.3 is 37.3 Å². The number of imidazole rings is 1. The molecule has 0 aliphatic carbocycles. The summed E-state index contributed by atoms with van der Waals surface area (Å²) in [4.78, 5) is 42.4. The predicted molar refractivity (Wildman–Crippen MR) is 91.8 cm³/mol. The van der Waals surface area contributed by atoms with Crippen LogP contribution in [0.25, 0.3) is 0 Å². The van der Waals surface area contributed by atoms with Crippen LogP contribution in [-0.2, 0) is 37.9 Å². The van der Waals surface area contributed by atoms with E-state index in [4.69, 9.17) is 16.6 Å². The van der Waals surface area contributed by atoms with Crippen molar-refractivity contribution in [2.75, 3.05) is 13.2 Å². The molecule has 3 unspecified atom stereocenters. The number of carbonyl (C=O) groups is 3. The van der Waals surface area contributed by atoms with Crippen molar-refractivity contribution in [1.82, 2.24) is 20.6 Å². The number of aromatic nitrogens is 2. The van der Waals surface area contributed by atoms with Crippen molar-refractivity contribution in [2.24, 2.45) is 11.5 Å². The maximum absolute atomic E-state index is 12.5. The number of aromatic amines is 1. The van der Waals surface area contributed by atoms with Gasteiger partial charge in [-0.25, -0.2) is 9.78 Å². The third-order valence-electron chi connectivity index (χ3n) is 3.71. The Morgan fingerprint density at radius 2 is 1.85 bits per heavy atom. The summed E-state index contributed by atoms with van der Waals surface area (Å²) in [5, 5.41) is 23.1. The number of hydrogen-bond donors (Lipinski definition) is 7. The number of carboxylic acids is 1. The number of aliphatic hydroxyl groups is 1. The molecular formula is C15H26CuN6O5. The van der Waals surface area contributed by atoms with E-state index in [1.54, 1.807) is 0 Å². The largest absolute Gasteiger partial charge is 0.480 e. The van der Waals surface area contributed by atoms with Crippen molar-refractivity contribution >= 4 is 17.8 Å². The van der Waals surface area contributed by atoms with Crippen LogP contribution in [0.2, 0.25) is 0 Å². The summed E-state index contributed by atoms with van der Waals surface area (Å²) in [7, 11) is 0.